The van der Waals surface area contributed by atoms with Gasteiger partial charge in [0.25, 0.3) is 0 Å². The molecule has 0 saturated heterocycles. The number of aliphatic carboxylic acids is 1. The van der Waals surface area contributed by atoms with Crippen LogP contribution < -0.4 is 0 Å². The number of hydrogen-bond acceptors (Lipinski definition) is 5. The number of fused-ring (bicyclic) bond motifs is 1. The maximum Gasteiger partial charge on any atom is 0.313 e. The molecule has 0 fully saturated rings. The molecule has 106 valence electrons. The van der Waals surface area contributed by atoms with E-state index in [1.54, 1.807) is 22.7 Å². The molecular formula is C15H11NO2S3. The van der Waals surface area contributed by atoms with Crippen molar-refractivity contribution < 1.29 is 9.90 Å². The number of carboxylic acid groups (broad SMARTS) is 1. The Hall–Kier alpha value is -1.63. The topological polar surface area (TPSA) is 50.2 Å². The van der Waals surface area contributed by atoms with E-state index in [4.69, 9.17) is 5.11 Å². The summed E-state index contributed by atoms with van der Waals surface area (Å²) in [5.41, 5.74) is 2.02. The lowest BCUT2D eigenvalue weighted by Gasteiger charge is -2.01. The standard InChI is InChI=1S/C15H11NO2S3/c17-14(18)9-20-13(7-10-5-6-19-8-10)15-16-11-3-1-2-4-12(11)21-15/h1-8H,9H2,(H,17,18)/b13-7-. The smallest absolute Gasteiger partial charge is 0.313 e. The predicted octanol–water partition coefficient (Wildman–Crippen LogP) is 4.67. The van der Waals surface area contributed by atoms with Crippen molar-refractivity contribution in [2.24, 2.45) is 0 Å². The van der Waals surface area contributed by atoms with E-state index in [1.807, 2.05) is 47.2 Å². The SMILES string of the molecule is O=C(O)CS/C(=C\c1ccsc1)c1nc2ccccc2s1. The monoisotopic (exact) mass is 333 g/mol. The Morgan fingerprint density at radius 2 is 2.19 bits per heavy atom. The third kappa shape index (κ3) is 3.53. The van der Waals surface area contributed by atoms with Gasteiger partial charge in [0, 0.05) is 4.91 Å². The zero-order valence-electron chi connectivity index (χ0n) is 10.9. The summed E-state index contributed by atoms with van der Waals surface area (Å²) < 4.78 is 1.11. The highest BCUT2D eigenvalue weighted by Crippen LogP contribution is 2.35. The average Bonchev–Trinajstić information content (AvgIpc) is 3.11. The minimum atomic E-state index is -0.822. The summed E-state index contributed by atoms with van der Waals surface area (Å²) in [5.74, 6) is -0.788. The van der Waals surface area contributed by atoms with Crippen molar-refractivity contribution in [3.8, 4) is 0 Å². The molecule has 3 rings (SSSR count). The minimum absolute atomic E-state index is 0.0336. The molecule has 0 spiro atoms. The van der Waals surface area contributed by atoms with Crippen molar-refractivity contribution in [1.82, 2.24) is 4.98 Å². The van der Waals surface area contributed by atoms with Crippen LogP contribution in [0.15, 0.2) is 41.1 Å². The molecule has 0 aliphatic rings. The lowest BCUT2D eigenvalue weighted by Crippen LogP contribution is -1.97. The molecule has 0 aliphatic carbocycles. The molecule has 2 heterocycles. The highest BCUT2D eigenvalue weighted by atomic mass is 32.2. The van der Waals surface area contributed by atoms with E-state index in [9.17, 15) is 4.79 Å². The first-order chi connectivity index (χ1) is 10.2. The van der Waals surface area contributed by atoms with Crippen LogP contribution in [0.25, 0.3) is 21.2 Å². The zero-order valence-corrected chi connectivity index (χ0v) is 13.3. The zero-order chi connectivity index (χ0) is 14.7. The van der Waals surface area contributed by atoms with Gasteiger partial charge in [-0.3, -0.25) is 4.79 Å². The van der Waals surface area contributed by atoms with Crippen molar-refractivity contribution in [2.45, 2.75) is 0 Å². The first-order valence-corrected chi connectivity index (χ1v) is 8.91. The molecule has 6 heteroatoms. The van der Waals surface area contributed by atoms with Gasteiger partial charge in [0.05, 0.1) is 16.0 Å². The lowest BCUT2D eigenvalue weighted by molar-refractivity contribution is -0.133. The molecule has 0 unspecified atom stereocenters. The fraction of sp³-hybridized carbons (Fsp3) is 0.0667. The van der Waals surface area contributed by atoms with Crippen molar-refractivity contribution in [3.63, 3.8) is 0 Å². The van der Waals surface area contributed by atoms with E-state index in [-0.39, 0.29) is 5.75 Å². The highest BCUT2D eigenvalue weighted by Gasteiger charge is 2.11. The second-order valence-corrected chi connectivity index (χ2v) is 7.06. The summed E-state index contributed by atoms with van der Waals surface area (Å²) in [6.07, 6.45) is 2.00. The van der Waals surface area contributed by atoms with Crippen LogP contribution in [-0.4, -0.2) is 21.8 Å². The molecule has 3 nitrogen and oxygen atoms in total. The third-order valence-corrected chi connectivity index (χ3v) is 5.61. The van der Waals surface area contributed by atoms with Gasteiger partial charge in [-0.25, -0.2) is 4.98 Å². The lowest BCUT2D eigenvalue weighted by atomic mass is 10.3. The highest BCUT2D eigenvalue weighted by molar-refractivity contribution is 8.09. The Kier molecular flexibility index (Phi) is 4.38. The normalized spacial score (nSPS) is 11.9. The van der Waals surface area contributed by atoms with Gasteiger partial charge >= 0.3 is 5.97 Å². The van der Waals surface area contributed by atoms with Crippen molar-refractivity contribution >= 4 is 61.6 Å². The number of thiazole rings is 1. The van der Waals surface area contributed by atoms with Gasteiger partial charge in [-0.2, -0.15) is 11.3 Å². The van der Waals surface area contributed by atoms with Crippen LogP contribution in [0.2, 0.25) is 0 Å². The van der Waals surface area contributed by atoms with E-state index in [1.165, 1.54) is 11.8 Å². The Labute approximate surface area is 134 Å². The molecule has 2 aromatic heterocycles. The fourth-order valence-electron chi connectivity index (χ4n) is 1.79. The first kappa shape index (κ1) is 14.3. The van der Waals surface area contributed by atoms with Crippen LogP contribution in [0.5, 0.6) is 0 Å². The Bertz CT molecular complexity index is 757. The molecule has 1 N–H and O–H groups in total. The van der Waals surface area contributed by atoms with Gasteiger partial charge in [-0.1, -0.05) is 12.1 Å². The quantitative estimate of drug-likeness (QED) is 0.737. The van der Waals surface area contributed by atoms with E-state index >= 15 is 0 Å². The van der Waals surface area contributed by atoms with E-state index in [0.717, 1.165) is 25.7 Å². The van der Waals surface area contributed by atoms with Gasteiger partial charge in [-0.15, -0.1) is 23.1 Å². The molecule has 0 atom stereocenters. The van der Waals surface area contributed by atoms with Crippen LogP contribution in [-0.2, 0) is 4.79 Å². The number of para-hydroxylation sites is 1. The number of nitrogens with zero attached hydrogens (tertiary/aromatic N) is 1. The number of carboxylic acids is 1. The first-order valence-electron chi connectivity index (χ1n) is 6.17. The Morgan fingerprint density at radius 3 is 2.90 bits per heavy atom. The molecule has 1 aromatic carbocycles. The average molecular weight is 333 g/mol. The van der Waals surface area contributed by atoms with Crippen LogP contribution in [0.1, 0.15) is 10.6 Å². The Morgan fingerprint density at radius 1 is 1.33 bits per heavy atom. The van der Waals surface area contributed by atoms with Crippen LogP contribution in [0, 0.1) is 0 Å². The molecule has 21 heavy (non-hydrogen) atoms. The summed E-state index contributed by atoms with van der Waals surface area (Å²) in [5, 5.41) is 13.8. The van der Waals surface area contributed by atoms with Crippen LogP contribution in [0.4, 0.5) is 0 Å². The summed E-state index contributed by atoms with van der Waals surface area (Å²) in [6, 6.07) is 9.95. The molecule has 0 amide bonds. The second kappa shape index (κ2) is 6.43. The number of rotatable bonds is 5. The number of benzene rings is 1. The molecule has 3 aromatic rings. The summed E-state index contributed by atoms with van der Waals surface area (Å²) >= 11 is 4.52. The summed E-state index contributed by atoms with van der Waals surface area (Å²) in [7, 11) is 0. The van der Waals surface area contributed by atoms with E-state index < -0.39 is 5.97 Å². The molecule has 0 aliphatic heterocycles. The van der Waals surface area contributed by atoms with Crippen LogP contribution in [0.3, 0.4) is 0 Å². The van der Waals surface area contributed by atoms with Crippen molar-refractivity contribution in [3.05, 3.63) is 51.7 Å². The van der Waals surface area contributed by atoms with Gasteiger partial charge in [-0.05, 0) is 40.6 Å². The fourth-order valence-corrected chi connectivity index (χ4v) is 4.25. The van der Waals surface area contributed by atoms with Gasteiger partial charge in [0.2, 0.25) is 0 Å². The van der Waals surface area contributed by atoms with Crippen LogP contribution >= 0.6 is 34.4 Å². The largest absolute Gasteiger partial charge is 0.481 e. The molecule has 0 bridgehead atoms. The maximum absolute atomic E-state index is 10.8. The maximum atomic E-state index is 10.8. The predicted molar refractivity (Wildman–Crippen MR) is 91.9 cm³/mol. The number of thiophene rings is 1. The molecule has 0 radical (unpaired) electrons. The Balaban J connectivity index is 1.99. The minimum Gasteiger partial charge on any atom is -0.481 e. The third-order valence-electron chi connectivity index (χ3n) is 2.70. The second-order valence-electron chi connectivity index (χ2n) is 4.23. The number of aromatic nitrogens is 1. The van der Waals surface area contributed by atoms with Gasteiger partial charge in [0.1, 0.15) is 5.01 Å². The summed E-state index contributed by atoms with van der Waals surface area (Å²) in [4.78, 5) is 16.4. The van der Waals surface area contributed by atoms with Crippen molar-refractivity contribution in [1.29, 1.82) is 0 Å². The molecular weight excluding hydrogens is 322 g/mol. The van der Waals surface area contributed by atoms with E-state index in [0.29, 0.717) is 0 Å². The number of thioether (sulfide) groups is 1. The van der Waals surface area contributed by atoms with Gasteiger partial charge in [0.15, 0.2) is 0 Å². The van der Waals surface area contributed by atoms with Crippen molar-refractivity contribution in [2.75, 3.05) is 5.75 Å². The van der Waals surface area contributed by atoms with E-state index in [2.05, 4.69) is 4.98 Å². The molecule has 0 saturated carbocycles. The summed E-state index contributed by atoms with van der Waals surface area (Å²) in [6.45, 7) is 0. The number of carbonyl (C=O) groups is 1. The van der Waals surface area contributed by atoms with Gasteiger partial charge < -0.3 is 5.11 Å². The number of hydrogen-bond donors (Lipinski definition) is 1.